The summed E-state index contributed by atoms with van der Waals surface area (Å²) in [6, 6.07) is 8.52. The fourth-order valence-electron chi connectivity index (χ4n) is 3.95. The number of benzene rings is 2. The molecular weight excluding hydrogens is 552 g/mol. The van der Waals surface area contributed by atoms with E-state index in [1.165, 1.54) is 13.3 Å². The number of hydrogen-bond acceptors (Lipinski definition) is 11. The molecule has 2 atom stereocenters. The number of nitrogens with zero attached hydrogens (tertiary/aromatic N) is 1. The molecule has 0 radical (unpaired) electrons. The van der Waals surface area contributed by atoms with Crippen LogP contribution in [0.2, 0.25) is 0 Å². The number of allylic oxidation sites excluding steroid dienone is 1. The van der Waals surface area contributed by atoms with E-state index in [0.717, 1.165) is 0 Å². The van der Waals surface area contributed by atoms with Crippen molar-refractivity contribution in [2.45, 2.75) is 33.0 Å². The molecule has 226 valence electrons. The van der Waals surface area contributed by atoms with Crippen molar-refractivity contribution in [3.05, 3.63) is 58.8 Å². The monoisotopic (exact) mass is 586 g/mol. The first-order chi connectivity index (χ1) is 20.2. The third-order valence-electron chi connectivity index (χ3n) is 5.73. The van der Waals surface area contributed by atoms with Crippen LogP contribution in [0.25, 0.3) is 0 Å². The third-order valence-corrected chi connectivity index (χ3v) is 5.73. The van der Waals surface area contributed by atoms with Crippen LogP contribution in [-0.4, -0.2) is 74.2 Å². The molecule has 1 heterocycles. The van der Waals surface area contributed by atoms with Gasteiger partial charge in [-0.3, -0.25) is 5.43 Å². The molecule has 5 N–H and O–H groups in total. The van der Waals surface area contributed by atoms with E-state index in [4.69, 9.17) is 28.8 Å². The lowest BCUT2D eigenvalue weighted by molar-refractivity contribution is -0.139. The lowest BCUT2D eigenvalue weighted by atomic mass is 9.95. The number of urea groups is 1. The molecular formula is C28H34N4O10. The van der Waals surface area contributed by atoms with E-state index in [9.17, 15) is 19.5 Å². The molecule has 0 spiro atoms. The molecule has 0 aliphatic carbocycles. The fraction of sp³-hybridized carbons (Fsp3) is 0.357. The van der Waals surface area contributed by atoms with Crippen LogP contribution >= 0.6 is 0 Å². The minimum Gasteiger partial charge on any atom is -0.490 e. The predicted molar refractivity (Wildman–Crippen MR) is 150 cm³/mol. The van der Waals surface area contributed by atoms with Crippen LogP contribution in [0.3, 0.4) is 0 Å². The summed E-state index contributed by atoms with van der Waals surface area (Å²) < 4.78 is 27.1. The van der Waals surface area contributed by atoms with Gasteiger partial charge in [0.15, 0.2) is 35.8 Å². The Kier molecular flexibility index (Phi) is 11.4. The van der Waals surface area contributed by atoms with E-state index in [-0.39, 0.29) is 17.9 Å². The number of hydrazone groups is 1. The molecule has 1 aliphatic rings. The molecule has 0 aromatic heterocycles. The zero-order chi connectivity index (χ0) is 30.6. The van der Waals surface area contributed by atoms with Gasteiger partial charge in [0, 0.05) is 5.70 Å². The summed E-state index contributed by atoms with van der Waals surface area (Å²) in [5, 5.41) is 28.5. The Bertz CT molecular complexity index is 1340. The highest BCUT2D eigenvalue weighted by Gasteiger charge is 2.32. The molecule has 0 unspecified atom stereocenters. The van der Waals surface area contributed by atoms with Gasteiger partial charge in [-0.1, -0.05) is 6.07 Å². The number of aliphatic carboxylic acids is 1. The molecule has 14 heteroatoms. The second kappa shape index (κ2) is 15.1. The van der Waals surface area contributed by atoms with Gasteiger partial charge in [-0.05, 0) is 62.2 Å². The van der Waals surface area contributed by atoms with Gasteiger partial charge < -0.3 is 44.5 Å². The lowest BCUT2D eigenvalue weighted by Crippen LogP contribution is -2.45. The molecule has 3 rings (SSSR count). The second-order valence-corrected chi connectivity index (χ2v) is 8.74. The first kappa shape index (κ1) is 31.5. The molecule has 1 aliphatic heterocycles. The van der Waals surface area contributed by atoms with E-state index >= 15 is 0 Å². The Labute approximate surface area is 242 Å². The summed E-state index contributed by atoms with van der Waals surface area (Å²) in [6.45, 7) is 5.14. The van der Waals surface area contributed by atoms with Gasteiger partial charge in [-0.25, -0.2) is 14.4 Å². The number of carbonyl (C=O) groups excluding carboxylic acids is 2. The molecule has 0 bridgehead atoms. The van der Waals surface area contributed by atoms with Crippen molar-refractivity contribution >= 4 is 24.2 Å². The summed E-state index contributed by atoms with van der Waals surface area (Å²) in [7, 11) is 1.26. The van der Waals surface area contributed by atoms with E-state index in [1.807, 2.05) is 0 Å². The number of aliphatic hydroxyl groups is 1. The maximum Gasteiger partial charge on any atom is 0.341 e. The summed E-state index contributed by atoms with van der Waals surface area (Å²) in [4.78, 5) is 35.3. The Morgan fingerprint density at radius 3 is 2.36 bits per heavy atom. The molecule has 2 amide bonds. The van der Waals surface area contributed by atoms with Crippen molar-refractivity contribution in [1.29, 1.82) is 0 Å². The van der Waals surface area contributed by atoms with E-state index < -0.39 is 36.8 Å². The van der Waals surface area contributed by atoms with Gasteiger partial charge in [0.2, 0.25) is 0 Å². The summed E-state index contributed by atoms with van der Waals surface area (Å²) in [6.07, 6.45) is 0.245. The maximum atomic E-state index is 12.4. The van der Waals surface area contributed by atoms with Gasteiger partial charge in [-0.2, -0.15) is 5.10 Å². The van der Waals surface area contributed by atoms with Gasteiger partial charge in [0.25, 0.3) is 0 Å². The molecule has 2 aromatic carbocycles. The van der Waals surface area contributed by atoms with Crippen molar-refractivity contribution in [2.24, 2.45) is 5.10 Å². The summed E-state index contributed by atoms with van der Waals surface area (Å²) in [5.41, 5.74) is 4.35. The number of esters is 1. The number of hydrogen-bond donors (Lipinski definition) is 5. The van der Waals surface area contributed by atoms with Crippen molar-refractivity contribution in [3.63, 3.8) is 0 Å². The molecule has 14 nitrogen and oxygen atoms in total. The first-order valence-electron chi connectivity index (χ1n) is 13.0. The van der Waals surface area contributed by atoms with Crippen molar-refractivity contribution < 1.29 is 48.3 Å². The Hall–Kier alpha value is -4.98. The predicted octanol–water partition coefficient (Wildman–Crippen LogP) is 2.07. The van der Waals surface area contributed by atoms with Crippen molar-refractivity contribution in [1.82, 2.24) is 16.1 Å². The Morgan fingerprint density at radius 2 is 1.69 bits per heavy atom. The van der Waals surface area contributed by atoms with Crippen LogP contribution in [-0.2, 0) is 14.3 Å². The number of carboxylic acid groups (broad SMARTS) is 1. The maximum absolute atomic E-state index is 12.4. The number of methoxy groups -OCH3 is 1. The first-order valence-corrected chi connectivity index (χ1v) is 13.0. The zero-order valence-electron chi connectivity index (χ0n) is 23.6. The van der Waals surface area contributed by atoms with Gasteiger partial charge >= 0.3 is 18.0 Å². The van der Waals surface area contributed by atoms with Crippen molar-refractivity contribution in [3.8, 4) is 23.0 Å². The van der Waals surface area contributed by atoms with Crippen molar-refractivity contribution in [2.75, 3.05) is 33.5 Å². The van der Waals surface area contributed by atoms with Crippen LogP contribution in [0.4, 0.5) is 4.79 Å². The molecule has 2 aromatic rings. The van der Waals surface area contributed by atoms with E-state index in [2.05, 4.69) is 21.2 Å². The van der Waals surface area contributed by atoms with Crippen LogP contribution in [0.15, 0.2) is 52.8 Å². The van der Waals surface area contributed by atoms with Gasteiger partial charge in [-0.15, -0.1) is 0 Å². The number of nitrogens with one attached hydrogen (secondary N) is 3. The normalized spacial score (nSPS) is 15.4. The summed E-state index contributed by atoms with van der Waals surface area (Å²) in [5.74, 6) is -0.396. The SMILES string of the molecule is CCOc1cc(/C=N\N[C@H](O)COc2ccc([C@@H]3NC(=O)NC(C)=C3C(=O)OC)cc2OCC)ccc1OCC(=O)O. The topological polar surface area (TPSA) is 186 Å². The average Bonchev–Trinajstić information content (AvgIpc) is 2.95. The Balaban J connectivity index is 1.66. The fourth-order valence-corrected chi connectivity index (χ4v) is 3.95. The molecule has 0 fully saturated rings. The third kappa shape index (κ3) is 8.51. The highest BCUT2D eigenvalue weighted by atomic mass is 16.5. The number of carboxylic acids is 1. The number of rotatable bonds is 15. The van der Waals surface area contributed by atoms with Crippen LogP contribution in [0.1, 0.15) is 37.9 Å². The van der Waals surface area contributed by atoms with Gasteiger partial charge in [0.1, 0.15) is 6.61 Å². The highest BCUT2D eigenvalue weighted by Crippen LogP contribution is 2.35. The minimum absolute atomic E-state index is 0.195. The standard InChI is InChI=1S/C28H34N4O10/c1-5-39-21-11-17(7-9-19(21)42-15-24(34)35)13-29-32-23(33)14-41-20-10-8-18(12-22(20)40-6-2)26-25(27(36)38-4)16(3)30-28(37)31-26/h7-13,23,26,32-33H,5-6,14-15H2,1-4H3,(H,34,35)(H2,30,31,37)/b29-13-/t23-,26+/m1/s1. The average molecular weight is 587 g/mol. The highest BCUT2D eigenvalue weighted by molar-refractivity contribution is 5.95. The largest absolute Gasteiger partial charge is 0.490 e. The molecule has 0 saturated heterocycles. The van der Waals surface area contributed by atoms with Crippen LogP contribution in [0, 0.1) is 0 Å². The van der Waals surface area contributed by atoms with Crippen LogP contribution in [0.5, 0.6) is 23.0 Å². The van der Waals surface area contributed by atoms with E-state index in [0.29, 0.717) is 47.3 Å². The van der Waals surface area contributed by atoms with Crippen LogP contribution < -0.4 is 35.0 Å². The van der Waals surface area contributed by atoms with E-state index in [1.54, 1.807) is 57.2 Å². The number of carbonyl (C=O) groups is 3. The lowest BCUT2D eigenvalue weighted by Gasteiger charge is -2.28. The molecule has 0 saturated carbocycles. The number of aliphatic hydroxyl groups excluding tert-OH is 1. The zero-order valence-corrected chi connectivity index (χ0v) is 23.6. The Morgan fingerprint density at radius 1 is 1.02 bits per heavy atom. The minimum atomic E-state index is -1.19. The number of amides is 2. The second-order valence-electron chi connectivity index (χ2n) is 8.74. The quantitative estimate of drug-likeness (QED) is 0.0890. The number of ether oxygens (including phenoxy) is 5. The smallest absolute Gasteiger partial charge is 0.341 e. The molecule has 42 heavy (non-hydrogen) atoms. The van der Waals surface area contributed by atoms with Gasteiger partial charge in [0.05, 0.1) is 38.2 Å². The summed E-state index contributed by atoms with van der Waals surface area (Å²) >= 11 is 0.